The van der Waals surface area contributed by atoms with Crippen molar-refractivity contribution in [3.05, 3.63) is 42.4 Å². The molecule has 1 heterocycles. The number of nitrogens with one attached hydrogen (secondary N) is 2. The molecule has 20 heavy (non-hydrogen) atoms. The maximum absolute atomic E-state index is 11.1. The van der Waals surface area contributed by atoms with E-state index in [-0.39, 0.29) is 11.9 Å². The van der Waals surface area contributed by atoms with Crippen molar-refractivity contribution in [1.82, 2.24) is 0 Å². The highest BCUT2D eigenvalue weighted by Gasteiger charge is 2.09. The molecule has 1 atom stereocenters. The Balaban J connectivity index is 2.15. The fourth-order valence-electron chi connectivity index (χ4n) is 1.93. The van der Waals surface area contributed by atoms with Gasteiger partial charge in [-0.15, -0.1) is 0 Å². The second kappa shape index (κ2) is 6.14. The maximum atomic E-state index is 11.1. The molecule has 2 aromatic rings. The summed E-state index contributed by atoms with van der Waals surface area (Å²) in [7, 11) is 1.57. The highest BCUT2D eigenvalue weighted by molar-refractivity contribution is 5.90. The Kier molecular flexibility index (Phi) is 4.30. The second-order valence-corrected chi connectivity index (χ2v) is 4.52. The minimum Gasteiger partial charge on any atom is -0.494 e. The molecule has 1 aromatic heterocycles. The molecule has 0 fully saturated rings. The van der Waals surface area contributed by atoms with E-state index < -0.39 is 0 Å². The summed E-state index contributed by atoms with van der Waals surface area (Å²) >= 11 is 0. The standard InChI is InChI=1S/C15H18N2O3/c1-10(12-6-7-20-9-12)16-13-4-5-14(17-11(2)18)15(8-13)19-3/h4-10,16H,1-3H3,(H,17,18). The predicted molar refractivity (Wildman–Crippen MR) is 78.0 cm³/mol. The van der Waals surface area contributed by atoms with Crippen LogP contribution in [-0.4, -0.2) is 13.0 Å². The zero-order chi connectivity index (χ0) is 14.5. The van der Waals surface area contributed by atoms with E-state index in [4.69, 9.17) is 9.15 Å². The average Bonchev–Trinajstić information content (AvgIpc) is 2.94. The summed E-state index contributed by atoms with van der Waals surface area (Å²) in [4.78, 5) is 11.1. The van der Waals surface area contributed by atoms with Crippen molar-refractivity contribution in [2.75, 3.05) is 17.7 Å². The van der Waals surface area contributed by atoms with Gasteiger partial charge in [-0.25, -0.2) is 0 Å². The topological polar surface area (TPSA) is 63.5 Å². The summed E-state index contributed by atoms with van der Waals surface area (Å²) in [5.74, 6) is 0.486. The highest BCUT2D eigenvalue weighted by atomic mass is 16.5. The second-order valence-electron chi connectivity index (χ2n) is 4.52. The molecule has 5 nitrogen and oxygen atoms in total. The van der Waals surface area contributed by atoms with Gasteiger partial charge >= 0.3 is 0 Å². The Morgan fingerprint density at radius 1 is 1.35 bits per heavy atom. The van der Waals surface area contributed by atoms with Crippen LogP contribution in [0.3, 0.4) is 0 Å². The normalized spacial score (nSPS) is 11.8. The number of carbonyl (C=O) groups excluding carboxylic acids is 1. The molecule has 0 saturated carbocycles. The number of carbonyl (C=O) groups is 1. The molecular weight excluding hydrogens is 256 g/mol. The minimum absolute atomic E-state index is 0.116. The van der Waals surface area contributed by atoms with E-state index in [9.17, 15) is 4.79 Å². The molecule has 2 rings (SSSR count). The zero-order valence-corrected chi connectivity index (χ0v) is 11.8. The summed E-state index contributed by atoms with van der Waals surface area (Å²) in [6.07, 6.45) is 3.36. The largest absolute Gasteiger partial charge is 0.494 e. The Labute approximate surface area is 117 Å². The Hall–Kier alpha value is -2.43. The fraction of sp³-hybridized carbons (Fsp3) is 0.267. The number of ether oxygens (including phenoxy) is 1. The number of amides is 1. The van der Waals surface area contributed by atoms with Gasteiger partial charge in [0.2, 0.25) is 5.91 Å². The molecule has 0 spiro atoms. The minimum atomic E-state index is -0.129. The monoisotopic (exact) mass is 274 g/mol. The zero-order valence-electron chi connectivity index (χ0n) is 11.8. The first kappa shape index (κ1) is 14.0. The van der Waals surface area contributed by atoms with E-state index in [0.29, 0.717) is 11.4 Å². The Morgan fingerprint density at radius 3 is 2.75 bits per heavy atom. The van der Waals surface area contributed by atoms with Crippen LogP contribution in [0.2, 0.25) is 0 Å². The third kappa shape index (κ3) is 3.32. The molecule has 0 bridgehead atoms. The van der Waals surface area contributed by atoms with Gasteiger partial charge in [0.05, 0.1) is 31.4 Å². The molecule has 0 aliphatic rings. The van der Waals surface area contributed by atoms with E-state index in [0.717, 1.165) is 11.3 Å². The van der Waals surface area contributed by atoms with Gasteiger partial charge in [-0.2, -0.15) is 0 Å². The van der Waals surface area contributed by atoms with Crippen LogP contribution in [0.1, 0.15) is 25.5 Å². The summed E-state index contributed by atoms with van der Waals surface area (Å²) in [6, 6.07) is 7.59. The summed E-state index contributed by atoms with van der Waals surface area (Å²) in [5, 5.41) is 6.07. The third-order valence-corrected chi connectivity index (χ3v) is 2.94. The van der Waals surface area contributed by atoms with E-state index in [1.807, 2.05) is 31.2 Å². The van der Waals surface area contributed by atoms with Crippen LogP contribution < -0.4 is 15.4 Å². The van der Waals surface area contributed by atoms with Gasteiger partial charge in [0.25, 0.3) is 0 Å². The molecule has 0 radical (unpaired) electrons. The van der Waals surface area contributed by atoms with Crippen LogP contribution in [0.4, 0.5) is 11.4 Å². The van der Waals surface area contributed by atoms with Crippen molar-refractivity contribution in [2.45, 2.75) is 19.9 Å². The van der Waals surface area contributed by atoms with E-state index in [1.165, 1.54) is 6.92 Å². The molecule has 1 aromatic carbocycles. The molecule has 0 saturated heterocycles. The van der Waals surface area contributed by atoms with Gasteiger partial charge < -0.3 is 19.8 Å². The molecule has 1 unspecified atom stereocenters. The van der Waals surface area contributed by atoms with Crippen molar-refractivity contribution < 1.29 is 13.9 Å². The van der Waals surface area contributed by atoms with Crippen LogP contribution in [0.5, 0.6) is 5.75 Å². The molecule has 2 N–H and O–H groups in total. The number of furan rings is 1. The summed E-state index contributed by atoms with van der Waals surface area (Å²) in [5.41, 5.74) is 2.63. The number of methoxy groups -OCH3 is 1. The molecule has 0 aliphatic heterocycles. The van der Waals surface area contributed by atoms with E-state index >= 15 is 0 Å². The molecule has 106 valence electrons. The SMILES string of the molecule is COc1cc(NC(C)c2ccoc2)ccc1NC(C)=O. The smallest absolute Gasteiger partial charge is 0.221 e. The molecule has 5 heteroatoms. The average molecular weight is 274 g/mol. The third-order valence-electron chi connectivity index (χ3n) is 2.94. The van der Waals surface area contributed by atoms with Crippen molar-refractivity contribution in [1.29, 1.82) is 0 Å². The van der Waals surface area contributed by atoms with Gasteiger partial charge in [0.1, 0.15) is 5.75 Å². The number of rotatable bonds is 5. The quantitative estimate of drug-likeness (QED) is 0.877. The van der Waals surface area contributed by atoms with Crippen LogP contribution in [0, 0.1) is 0 Å². The Bertz CT molecular complexity index is 579. The highest BCUT2D eigenvalue weighted by Crippen LogP contribution is 2.29. The number of anilines is 2. The lowest BCUT2D eigenvalue weighted by Crippen LogP contribution is -2.09. The number of hydrogen-bond acceptors (Lipinski definition) is 4. The first-order chi connectivity index (χ1) is 9.60. The Morgan fingerprint density at radius 2 is 2.15 bits per heavy atom. The van der Waals surface area contributed by atoms with Crippen LogP contribution in [-0.2, 0) is 4.79 Å². The van der Waals surface area contributed by atoms with Crippen molar-refractivity contribution >= 4 is 17.3 Å². The van der Waals surface area contributed by atoms with Gasteiger partial charge in [0, 0.05) is 24.2 Å². The first-order valence-corrected chi connectivity index (χ1v) is 6.34. The lowest BCUT2D eigenvalue weighted by molar-refractivity contribution is -0.114. The summed E-state index contributed by atoms with van der Waals surface area (Å²) in [6.45, 7) is 3.51. The van der Waals surface area contributed by atoms with Crippen LogP contribution >= 0.6 is 0 Å². The van der Waals surface area contributed by atoms with Gasteiger partial charge in [-0.1, -0.05) is 0 Å². The van der Waals surface area contributed by atoms with Crippen molar-refractivity contribution in [2.24, 2.45) is 0 Å². The van der Waals surface area contributed by atoms with Gasteiger partial charge in [-0.05, 0) is 25.1 Å². The summed E-state index contributed by atoms with van der Waals surface area (Å²) < 4.78 is 10.4. The number of benzene rings is 1. The van der Waals surface area contributed by atoms with E-state index in [1.54, 1.807) is 19.6 Å². The first-order valence-electron chi connectivity index (χ1n) is 6.34. The lowest BCUT2D eigenvalue weighted by Gasteiger charge is -2.16. The van der Waals surface area contributed by atoms with Gasteiger partial charge in [-0.3, -0.25) is 4.79 Å². The fourth-order valence-corrected chi connectivity index (χ4v) is 1.93. The molecule has 0 aliphatic carbocycles. The van der Waals surface area contributed by atoms with E-state index in [2.05, 4.69) is 10.6 Å². The van der Waals surface area contributed by atoms with Crippen molar-refractivity contribution in [3.8, 4) is 5.75 Å². The lowest BCUT2D eigenvalue weighted by atomic mass is 10.1. The molecule has 1 amide bonds. The number of hydrogen-bond donors (Lipinski definition) is 2. The van der Waals surface area contributed by atoms with Gasteiger partial charge in [0.15, 0.2) is 0 Å². The predicted octanol–water partition coefficient (Wildman–Crippen LogP) is 3.42. The molecular formula is C15H18N2O3. The van der Waals surface area contributed by atoms with Crippen LogP contribution in [0.25, 0.3) is 0 Å². The van der Waals surface area contributed by atoms with Crippen LogP contribution in [0.15, 0.2) is 41.2 Å². The maximum Gasteiger partial charge on any atom is 0.221 e. The van der Waals surface area contributed by atoms with Crippen molar-refractivity contribution in [3.63, 3.8) is 0 Å².